The first-order valence-corrected chi connectivity index (χ1v) is 14.3. The van der Waals surface area contributed by atoms with E-state index in [0.29, 0.717) is 31.4 Å². The maximum Gasteiger partial charge on any atom is 0.303 e. The fourth-order valence-electron chi connectivity index (χ4n) is 5.70. The number of nitrogens with zero attached hydrogens (tertiary/aromatic N) is 4. The third-order valence-electron chi connectivity index (χ3n) is 7.65. The molecule has 44 heavy (non-hydrogen) atoms. The number of hydrogen-bond acceptors (Lipinski definition) is 9. The molecule has 1 aromatic heterocycles. The number of anilines is 1. The number of carbonyl (C=O) groups excluding carboxylic acids is 2. The molecule has 0 spiro atoms. The third-order valence-corrected chi connectivity index (χ3v) is 8.08. The van der Waals surface area contributed by atoms with E-state index in [4.69, 9.17) is 32.7 Å². The molecule has 16 heteroatoms. The third kappa shape index (κ3) is 6.28. The molecule has 3 N–H and O–H groups in total. The van der Waals surface area contributed by atoms with Crippen LogP contribution in [0.15, 0.2) is 36.5 Å². The van der Waals surface area contributed by atoms with Gasteiger partial charge in [0, 0.05) is 28.2 Å². The van der Waals surface area contributed by atoms with Crippen molar-refractivity contribution in [2.45, 2.75) is 68.8 Å². The molecule has 0 radical (unpaired) electrons. The molecule has 3 aromatic rings. The first-order valence-electron chi connectivity index (χ1n) is 13.5. The summed E-state index contributed by atoms with van der Waals surface area (Å²) in [4.78, 5) is 28.0. The van der Waals surface area contributed by atoms with E-state index in [2.05, 4.69) is 10.3 Å². The van der Waals surface area contributed by atoms with Crippen LogP contribution in [0.3, 0.4) is 0 Å². The van der Waals surface area contributed by atoms with Gasteiger partial charge in [0.25, 0.3) is 5.91 Å². The Balaban J connectivity index is 1.59. The lowest BCUT2D eigenvalue weighted by Crippen LogP contribution is -2.63. The first-order chi connectivity index (χ1) is 20.9. The largest absolute Gasteiger partial charge is 0.457 e. The minimum absolute atomic E-state index is 0.143. The van der Waals surface area contributed by atoms with E-state index in [1.54, 1.807) is 0 Å². The van der Waals surface area contributed by atoms with E-state index in [1.165, 1.54) is 23.1 Å². The second-order valence-electron chi connectivity index (χ2n) is 10.6. The van der Waals surface area contributed by atoms with Gasteiger partial charge >= 0.3 is 5.97 Å². The van der Waals surface area contributed by atoms with Gasteiger partial charge in [0.05, 0.1) is 24.9 Å². The molecule has 2 aliphatic rings. The summed E-state index contributed by atoms with van der Waals surface area (Å²) in [5.74, 6) is -6.29. The molecule has 1 saturated carbocycles. The lowest BCUT2D eigenvalue weighted by Gasteiger charge is -2.45. The Morgan fingerprint density at radius 2 is 1.75 bits per heavy atom. The first kappa shape index (κ1) is 32.1. The number of benzene rings is 2. The second-order valence-corrected chi connectivity index (χ2v) is 11.4. The van der Waals surface area contributed by atoms with Crippen molar-refractivity contribution in [1.29, 1.82) is 0 Å². The molecule has 2 heterocycles. The van der Waals surface area contributed by atoms with Crippen LogP contribution in [-0.2, 0) is 19.1 Å². The molecule has 236 valence electrons. The van der Waals surface area contributed by atoms with Crippen LogP contribution in [0.4, 0.5) is 18.9 Å². The summed E-state index contributed by atoms with van der Waals surface area (Å²) in [5.41, 5.74) is -0.116. The summed E-state index contributed by atoms with van der Waals surface area (Å²) in [6, 6.07) is 3.59. The number of ether oxygens (including phenoxy) is 2. The summed E-state index contributed by atoms with van der Waals surface area (Å²) in [6.45, 7) is 0.286. The zero-order valence-electron chi connectivity index (χ0n) is 23.0. The molecule has 0 bridgehead atoms. The molecule has 1 amide bonds. The number of aliphatic hydroxyl groups is 3. The van der Waals surface area contributed by atoms with Crippen molar-refractivity contribution in [3.05, 3.63) is 64.0 Å². The standard InChI is InChI=1S/C28H27Cl2F3N4O7/c1-12(39)43-26-24(36-10-19(34-35-36)13-5-17(31)23(33)18(32)6-13)25(41)22(11-38)44-27(26)28(42)37(20-3-2-4-21(20)40)16-8-14(29)7-15(30)9-16/h5-10,20-22,24-27,38,40-41H,2-4,11H2,1H3/t20-,21-,22+,24-,25-,26+,27+/m0/s1. The predicted octanol–water partition coefficient (Wildman–Crippen LogP) is 3.21. The highest BCUT2D eigenvalue weighted by Crippen LogP contribution is 2.38. The molecule has 1 saturated heterocycles. The van der Waals surface area contributed by atoms with Crippen LogP contribution in [0.25, 0.3) is 11.3 Å². The average Bonchev–Trinajstić information content (AvgIpc) is 3.60. The van der Waals surface area contributed by atoms with Gasteiger partial charge in [-0.25, -0.2) is 17.9 Å². The Morgan fingerprint density at radius 1 is 1.09 bits per heavy atom. The Labute approximate surface area is 258 Å². The van der Waals surface area contributed by atoms with Gasteiger partial charge in [-0.1, -0.05) is 28.4 Å². The highest BCUT2D eigenvalue weighted by atomic mass is 35.5. The highest BCUT2D eigenvalue weighted by Gasteiger charge is 2.53. The minimum atomic E-state index is -1.68. The van der Waals surface area contributed by atoms with Gasteiger partial charge in [0.15, 0.2) is 29.7 Å². The van der Waals surface area contributed by atoms with E-state index in [1.807, 2.05) is 0 Å². The molecule has 0 unspecified atom stereocenters. The van der Waals surface area contributed by atoms with E-state index < -0.39 is 78.5 Å². The lowest BCUT2D eigenvalue weighted by atomic mass is 9.91. The van der Waals surface area contributed by atoms with Crippen molar-refractivity contribution in [2.24, 2.45) is 0 Å². The number of halogens is 5. The summed E-state index contributed by atoms with van der Waals surface area (Å²) in [6.07, 6.45) is -4.72. The van der Waals surface area contributed by atoms with Crippen LogP contribution in [0, 0.1) is 17.5 Å². The molecular formula is C28H27Cl2F3N4O7. The lowest BCUT2D eigenvalue weighted by molar-refractivity contribution is -0.216. The Morgan fingerprint density at radius 3 is 2.32 bits per heavy atom. The van der Waals surface area contributed by atoms with Crippen LogP contribution in [-0.4, -0.2) is 85.4 Å². The van der Waals surface area contributed by atoms with Crippen molar-refractivity contribution >= 4 is 40.8 Å². The summed E-state index contributed by atoms with van der Waals surface area (Å²) in [5, 5.41) is 40.3. The Hall–Kier alpha value is -3.27. The van der Waals surface area contributed by atoms with Gasteiger partial charge in [-0.15, -0.1) is 5.10 Å². The van der Waals surface area contributed by atoms with E-state index >= 15 is 0 Å². The molecule has 7 atom stereocenters. The minimum Gasteiger partial charge on any atom is -0.457 e. The second kappa shape index (κ2) is 13.0. The smallest absolute Gasteiger partial charge is 0.303 e. The predicted molar refractivity (Wildman–Crippen MR) is 149 cm³/mol. The maximum absolute atomic E-state index is 14.4. The normalized spacial score (nSPS) is 26.9. The number of hydrogen-bond donors (Lipinski definition) is 3. The highest BCUT2D eigenvalue weighted by molar-refractivity contribution is 6.35. The van der Waals surface area contributed by atoms with Crippen molar-refractivity contribution in [3.63, 3.8) is 0 Å². The van der Waals surface area contributed by atoms with Gasteiger partial charge in [0.2, 0.25) is 0 Å². The van der Waals surface area contributed by atoms with Gasteiger partial charge in [0.1, 0.15) is 23.9 Å². The number of amides is 1. The van der Waals surface area contributed by atoms with Crippen LogP contribution in [0.5, 0.6) is 0 Å². The number of esters is 1. The van der Waals surface area contributed by atoms with E-state index in [-0.39, 0.29) is 27.0 Å². The summed E-state index contributed by atoms with van der Waals surface area (Å²) < 4.78 is 53.8. The van der Waals surface area contributed by atoms with Crippen LogP contribution >= 0.6 is 23.2 Å². The van der Waals surface area contributed by atoms with Gasteiger partial charge < -0.3 is 29.7 Å². The van der Waals surface area contributed by atoms with E-state index in [9.17, 15) is 38.1 Å². The van der Waals surface area contributed by atoms with Crippen molar-refractivity contribution in [2.75, 3.05) is 11.5 Å². The van der Waals surface area contributed by atoms with Gasteiger partial charge in [-0.3, -0.25) is 9.59 Å². The van der Waals surface area contributed by atoms with Gasteiger partial charge in [-0.05, 0) is 49.6 Å². The molecule has 11 nitrogen and oxygen atoms in total. The van der Waals surface area contributed by atoms with Gasteiger partial charge in [-0.2, -0.15) is 0 Å². The zero-order chi connectivity index (χ0) is 31.9. The number of aromatic nitrogens is 3. The molecule has 1 aliphatic heterocycles. The Bertz CT molecular complexity index is 1520. The average molecular weight is 659 g/mol. The van der Waals surface area contributed by atoms with Crippen molar-refractivity contribution in [3.8, 4) is 11.3 Å². The van der Waals surface area contributed by atoms with Crippen LogP contribution < -0.4 is 4.90 Å². The molecule has 5 rings (SSSR count). The van der Waals surface area contributed by atoms with Crippen molar-refractivity contribution < 1.29 is 47.6 Å². The zero-order valence-corrected chi connectivity index (χ0v) is 24.5. The monoisotopic (exact) mass is 658 g/mol. The molecular weight excluding hydrogens is 632 g/mol. The maximum atomic E-state index is 14.4. The quantitative estimate of drug-likeness (QED) is 0.257. The van der Waals surface area contributed by atoms with Crippen molar-refractivity contribution in [1.82, 2.24) is 15.0 Å². The summed E-state index contributed by atoms with van der Waals surface area (Å²) >= 11 is 12.5. The number of rotatable bonds is 7. The fraction of sp³-hybridized carbons (Fsp3) is 0.429. The summed E-state index contributed by atoms with van der Waals surface area (Å²) in [7, 11) is 0. The molecule has 2 aromatic carbocycles. The van der Waals surface area contributed by atoms with Crippen LogP contribution in [0.1, 0.15) is 32.2 Å². The van der Waals surface area contributed by atoms with Crippen LogP contribution in [0.2, 0.25) is 10.0 Å². The van der Waals surface area contributed by atoms with E-state index in [0.717, 1.165) is 17.8 Å². The topological polar surface area (TPSA) is 147 Å². The molecule has 2 fully saturated rings. The SMILES string of the molecule is CC(=O)O[C@@H]1[C@@H](n2cc(-c3cc(F)c(F)c(F)c3)nn2)[C@@H](O)[C@@H](CO)O[C@H]1C(=O)N(c1cc(Cl)cc(Cl)c1)[C@H]1CCC[C@@H]1O. The fourth-order valence-corrected chi connectivity index (χ4v) is 6.21. The Kier molecular flexibility index (Phi) is 9.49. The number of carbonyl (C=O) groups is 2. The molecule has 1 aliphatic carbocycles. The number of aliphatic hydroxyl groups excluding tert-OH is 3.